The fraction of sp³-hybridized carbons (Fsp3) is 0.423. The maximum Gasteiger partial charge on any atom is 0.291 e. The van der Waals surface area contributed by atoms with Gasteiger partial charge in [0.25, 0.3) is 5.91 Å². The Labute approximate surface area is 189 Å². The van der Waals surface area contributed by atoms with E-state index in [0.717, 1.165) is 23.2 Å². The zero-order chi connectivity index (χ0) is 22.3. The van der Waals surface area contributed by atoms with Crippen LogP contribution in [0.25, 0.3) is 11.0 Å². The van der Waals surface area contributed by atoms with Crippen LogP contribution in [0, 0.1) is 0 Å². The van der Waals surface area contributed by atoms with Crippen LogP contribution in [-0.2, 0) is 6.54 Å². The Hall–Kier alpha value is -2.99. The van der Waals surface area contributed by atoms with Crippen LogP contribution in [0.4, 0.5) is 5.69 Å². The average molecular weight is 437 g/mol. The molecule has 1 saturated carbocycles. The molecule has 0 radical (unpaired) electrons. The molecule has 6 nitrogen and oxygen atoms in total. The van der Waals surface area contributed by atoms with Crippen LogP contribution in [0.15, 0.2) is 46.9 Å². The predicted octanol–water partition coefficient (Wildman–Crippen LogP) is 5.90. The zero-order valence-electron chi connectivity index (χ0n) is 18.9. The maximum absolute atomic E-state index is 12.8. The number of carbonyl (C=O) groups excluding carboxylic acids is 1. The van der Waals surface area contributed by atoms with Crippen molar-refractivity contribution in [1.82, 2.24) is 5.32 Å². The van der Waals surface area contributed by atoms with Crippen molar-refractivity contribution >= 4 is 22.6 Å². The van der Waals surface area contributed by atoms with Gasteiger partial charge >= 0.3 is 0 Å². The van der Waals surface area contributed by atoms with E-state index in [0.29, 0.717) is 23.1 Å². The van der Waals surface area contributed by atoms with Crippen LogP contribution >= 0.6 is 0 Å². The molecule has 0 unspecified atom stereocenters. The second kappa shape index (κ2) is 10.6. The van der Waals surface area contributed by atoms with Crippen LogP contribution in [0.2, 0.25) is 0 Å². The third kappa shape index (κ3) is 5.25. The molecule has 170 valence electrons. The summed E-state index contributed by atoms with van der Waals surface area (Å²) >= 11 is 0. The molecule has 0 aliphatic heterocycles. The molecule has 1 heterocycles. The van der Waals surface area contributed by atoms with Gasteiger partial charge in [0.2, 0.25) is 0 Å². The van der Waals surface area contributed by atoms with E-state index in [1.807, 2.05) is 12.1 Å². The average Bonchev–Trinajstić information content (AvgIpc) is 3.25. The topological polar surface area (TPSA) is 72.7 Å². The van der Waals surface area contributed by atoms with Gasteiger partial charge in [-0.3, -0.25) is 4.79 Å². The quantitative estimate of drug-likeness (QED) is 0.482. The van der Waals surface area contributed by atoms with Crippen molar-refractivity contribution in [1.29, 1.82) is 0 Å². The fourth-order valence-corrected chi connectivity index (χ4v) is 4.36. The van der Waals surface area contributed by atoms with Gasteiger partial charge in [0, 0.05) is 23.7 Å². The van der Waals surface area contributed by atoms with Crippen molar-refractivity contribution in [3.05, 3.63) is 53.8 Å². The highest BCUT2D eigenvalue weighted by Crippen LogP contribution is 2.32. The number of furan rings is 1. The number of fused-ring (bicyclic) bond motifs is 1. The second-order valence-corrected chi connectivity index (χ2v) is 8.39. The van der Waals surface area contributed by atoms with E-state index in [-0.39, 0.29) is 11.7 Å². The van der Waals surface area contributed by atoms with E-state index in [2.05, 4.69) is 16.7 Å². The minimum absolute atomic E-state index is 0.257. The second-order valence-electron chi connectivity index (χ2n) is 8.39. The highest BCUT2D eigenvalue weighted by Gasteiger charge is 2.19. The van der Waals surface area contributed by atoms with Crippen LogP contribution in [0.1, 0.15) is 61.1 Å². The molecule has 6 heteroatoms. The smallest absolute Gasteiger partial charge is 0.291 e. The first kappa shape index (κ1) is 22.2. The van der Waals surface area contributed by atoms with Crippen molar-refractivity contribution in [3.63, 3.8) is 0 Å². The SMILES string of the molecule is COc1ccc(NC(=O)c2cc3c(CNC4CCCCCCC4)ccc(OC)c3o2)cc1. The Morgan fingerprint density at radius 1 is 0.969 bits per heavy atom. The predicted molar refractivity (Wildman–Crippen MR) is 127 cm³/mol. The van der Waals surface area contributed by atoms with Crippen molar-refractivity contribution in [2.45, 2.75) is 57.5 Å². The van der Waals surface area contributed by atoms with Gasteiger partial charge in [-0.25, -0.2) is 0 Å². The summed E-state index contributed by atoms with van der Waals surface area (Å²) in [5.41, 5.74) is 2.38. The first-order valence-electron chi connectivity index (χ1n) is 11.5. The summed E-state index contributed by atoms with van der Waals surface area (Å²) in [6, 6.07) is 13.5. The van der Waals surface area contributed by atoms with Crippen LogP contribution in [0.3, 0.4) is 0 Å². The van der Waals surface area contributed by atoms with Gasteiger partial charge in [0.05, 0.1) is 14.2 Å². The van der Waals surface area contributed by atoms with Crippen LogP contribution < -0.4 is 20.1 Å². The molecule has 1 aromatic heterocycles. The number of ether oxygens (including phenoxy) is 2. The van der Waals surface area contributed by atoms with Crippen molar-refractivity contribution < 1.29 is 18.7 Å². The van der Waals surface area contributed by atoms with E-state index in [1.165, 1.54) is 44.9 Å². The molecule has 1 aliphatic rings. The zero-order valence-corrected chi connectivity index (χ0v) is 18.9. The monoisotopic (exact) mass is 436 g/mol. The first-order chi connectivity index (χ1) is 15.7. The van der Waals surface area contributed by atoms with Crippen molar-refractivity contribution in [2.75, 3.05) is 19.5 Å². The van der Waals surface area contributed by atoms with Gasteiger partial charge in [-0.15, -0.1) is 0 Å². The number of methoxy groups -OCH3 is 2. The third-order valence-corrected chi connectivity index (χ3v) is 6.22. The number of hydrogen-bond acceptors (Lipinski definition) is 5. The van der Waals surface area contributed by atoms with Crippen molar-refractivity contribution in [2.24, 2.45) is 0 Å². The largest absolute Gasteiger partial charge is 0.497 e. The van der Waals surface area contributed by atoms with E-state index < -0.39 is 0 Å². The lowest BCUT2D eigenvalue weighted by molar-refractivity contribution is 0.0998. The van der Waals surface area contributed by atoms with Crippen LogP contribution in [-0.4, -0.2) is 26.2 Å². The lowest BCUT2D eigenvalue weighted by Crippen LogP contribution is -2.29. The summed E-state index contributed by atoms with van der Waals surface area (Å²) in [6.07, 6.45) is 9.05. The van der Waals surface area contributed by atoms with Gasteiger partial charge in [-0.2, -0.15) is 0 Å². The van der Waals surface area contributed by atoms with Gasteiger partial charge < -0.3 is 24.5 Å². The number of hydrogen-bond donors (Lipinski definition) is 2. The molecule has 1 aliphatic carbocycles. The molecule has 1 amide bonds. The normalized spacial score (nSPS) is 15.2. The highest BCUT2D eigenvalue weighted by atomic mass is 16.5. The molecule has 2 aromatic carbocycles. The molecule has 1 fully saturated rings. The van der Waals surface area contributed by atoms with E-state index in [4.69, 9.17) is 13.9 Å². The number of carbonyl (C=O) groups is 1. The first-order valence-corrected chi connectivity index (χ1v) is 11.5. The number of rotatable bonds is 7. The lowest BCUT2D eigenvalue weighted by Gasteiger charge is -2.21. The Balaban J connectivity index is 1.52. The van der Waals surface area contributed by atoms with Gasteiger partial charge in [-0.05, 0) is 54.8 Å². The molecule has 0 spiro atoms. The van der Waals surface area contributed by atoms with Gasteiger partial charge in [-0.1, -0.05) is 38.2 Å². The fourth-order valence-electron chi connectivity index (χ4n) is 4.36. The summed E-state index contributed by atoms with van der Waals surface area (Å²) in [7, 11) is 3.22. The molecular formula is C26H32N2O4. The lowest BCUT2D eigenvalue weighted by atomic mass is 9.96. The van der Waals surface area contributed by atoms with Gasteiger partial charge in [0.1, 0.15) is 5.75 Å². The molecule has 0 saturated heterocycles. The Morgan fingerprint density at radius 3 is 2.38 bits per heavy atom. The molecular weight excluding hydrogens is 404 g/mol. The number of anilines is 1. The molecule has 2 N–H and O–H groups in total. The van der Waals surface area contributed by atoms with E-state index >= 15 is 0 Å². The van der Waals surface area contributed by atoms with Crippen molar-refractivity contribution in [3.8, 4) is 11.5 Å². The number of nitrogens with one attached hydrogen (secondary N) is 2. The maximum atomic E-state index is 12.8. The standard InChI is InChI=1S/C26H32N2O4/c1-30-21-13-11-20(12-14-21)28-26(29)24-16-22-18(10-15-23(31-2)25(22)32-24)17-27-19-8-6-4-3-5-7-9-19/h10-16,19,27H,3-9,17H2,1-2H3,(H,28,29). The van der Waals surface area contributed by atoms with Gasteiger partial charge in [0.15, 0.2) is 17.1 Å². The summed E-state index contributed by atoms with van der Waals surface area (Å²) in [4.78, 5) is 12.8. The van der Waals surface area contributed by atoms with E-state index in [1.54, 1.807) is 38.5 Å². The molecule has 32 heavy (non-hydrogen) atoms. The minimum atomic E-state index is -0.299. The number of amides is 1. The summed E-state index contributed by atoms with van der Waals surface area (Å²) in [6.45, 7) is 0.740. The van der Waals surface area contributed by atoms with Crippen LogP contribution in [0.5, 0.6) is 11.5 Å². The summed E-state index contributed by atoms with van der Waals surface area (Å²) in [5, 5.41) is 7.51. The Kier molecular flexibility index (Phi) is 7.32. The molecule has 0 atom stereocenters. The third-order valence-electron chi connectivity index (χ3n) is 6.22. The number of benzene rings is 2. The summed E-state index contributed by atoms with van der Waals surface area (Å²) in [5.74, 6) is 1.32. The summed E-state index contributed by atoms with van der Waals surface area (Å²) < 4.78 is 16.6. The Bertz CT molecular complexity index is 1030. The highest BCUT2D eigenvalue weighted by molar-refractivity contribution is 6.05. The Morgan fingerprint density at radius 2 is 1.69 bits per heavy atom. The molecule has 0 bridgehead atoms. The molecule has 4 rings (SSSR count). The minimum Gasteiger partial charge on any atom is -0.497 e. The van der Waals surface area contributed by atoms with E-state index in [9.17, 15) is 4.79 Å². The molecule has 3 aromatic rings.